The van der Waals surface area contributed by atoms with Crippen LogP contribution in [0, 0.1) is 11.7 Å². The molecule has 1 aromatic heterocycles. The lowest BCUT2D eigenvalue weighted by Crippen LogP contribution is -2.59. The second kappa shape index (κ2) is 13.9. The van der Waals surface area contributed by atoms with Crippen LogP contribution in [0.5, 0.6) is 0 Å². The van der Waals surface area contributed by atoms with Crippen LogP contribution in [-0.2, 0) is 15.7 Å². The number of esters is 1. The average molecular weight is 626 g/mol. The molecule has 3 aliphatic heterocycles. The molecule has 0 amide bonds. The third-order valence-electron chi connectivity index (χ3n) is 8.78. The molecular weight excluding hydrogens is 586 g/mol. The molecule has 0 unspecified atom stereocenters. The predicted molar refractivity (Wildman–Crippen MR) is 154 cm³/mol. The Labute approximate surface area is 253 Å². The number of nitrogens with zero attached hydrogens (tertiary/aromatic N) is 4. The lowest BCUT2D eigenvalue weighted by Gasteiger charge is -2.43. The summed E-state index contributed by atoms with van der Waals surface area (Å²) in [6.07, 6.45) is -5.99. The van der Waals surface area contributed by atoms with Crippen LogP contribution in [0.15, 0.2) is 36.4 Å². The zero-order valence-corrected chi connectivity index (χ0v) is 24.5. The molecule has 3 saturated heterocycles. The van der Waals surface area contributed by atoms with Gasteiger partial charge in [0, 0.05) is 58.0 Å². The maximum absolute atomic E-state index is 14.1. The zero-order chi connectivity index (χ0) is 31.4. The fourth-order valence-electron chi connectivity index (χ4n) is 6.12. The number of anilines is 2. The summed E-state index contributed by atoms with van der Waals surface area (Å²) in [5.41, 5.74) is 0.374. The number of nitrogens with one attached hydrogen (secondary N) is 1. The summed E-state index contributed by atoms with van der Waals surface area (Å²) >= 11 is 0. The summed E-state index contributed by atoms with van der Waals surface area (Å²) in [5, 5.41) is 23.9. The molecule has 4 atom stereocenters. The molecule has 10 nitrogen and oxygen atoms in total. The quantitative estimate of drug-likeness (QED) is 0.299. The average Bonchev–Trinajstić information content (AvgIpc) is 3.02. The van der Waals surface area contributed by atoms with Crippen LogP contribution < -0.4 is 10.2 Å². The van der Waals surface area contributed by atoms with Crippen molar-refractivity contribution in [1.29, 1.82) is 0 Å². The highest BCUT2D eigenvalue weighted by atomic mass is 19.4. The van der Waals surface area contributed by atoms with E-state index in [1.54, 1.807) is 12.1 Å². The Balaban J connectivity index is 1.03. The van der Waals surface area contributed by atoms with Gasteiger partial charge in [-0.3, -0.25) is 4.90 Å². The van der Waals surface area contributed by atoms with Gasteiger partial charge in [0.1, 0.15) is 17.9 Å². The maximum Gasteiger partial charge on any atom is 0.433 e. The Morgan fingerprint density at radius 1 is 0.977 bits per heavy atom. The van der Waals surface area contributed by atoms with Crippen molar-refractivity contribution in [2.75, 3.05) is 76.3 Å². The third-order valence-corrected chi connectivity index (χ3v) is 8.78. The summed E-state index contributed by atoms with van der Waals surface area (Å²) in [6.45, 7) is 6.45. The van der Waals surface area contributed by atoms with Gasteiger partial charge in [0.05, 0.1) is 31.4 Å². The minimum atomic E-state index is -4.75. The molecule has 0 aliphatic carbocycles. The van der Waals surface area contributed by atoms with Crippen LogP contribution in [0.4, 0.5) is 29.1 Å². The number of carbonyl (C=O) groups is 1. The van der Waals surface area contributed by atoms with E-state index in [9.17, 15) is 32.6 Å². The first-order valence-electron chi connectivity index (χ1n) is 14.9. The number of alkyl halides is 3. The largest absolute Gasteiger partial charge is 0.465 e. The number of methoxy groups -OCH3 is 1. The van der Waals surface area contributed by atoms with Gasteiger partial charge in [-0.2, -0.15) is 13.2 Å². The number of piperidine rings is 1. The molecule has 3 N–H and O–H groups in total. The fourth-order valence-corrected chi connectivity index (χ4v) is 6.12. The Morgan fingerprint density at radius 3 is 2.23 bits per heavy atom. The number of ether oxygens (including phenoxy) is 2. The predicted octanol–water partition coefficient (Wildman–Crippen LogP) is 2.46. The molecule has 14 heteroatoms. The van der Waals surface area contributed by atoms with Gasteiger partial charge < -0.3 is 34.8 Å². The third kappa shape index (κ3) is 7.78. The molecular formula is C30H39F4N5O5. The maximum atomic E-state index is 14.1. The number of benzene rings is 1. The number of hydrogen-bond acceptors (Lipinski definition) is 10. The van der Waals surface area contributed by atoms with Crippen molar-refractivity contribution in [1.82, 2.24) is 14.8 Å². The lowest BCUT2D eigenvalue weighted by molar-refractivity contribution is -0.148. The Kier molecular flexibility index (Phi) is 10.3. The monoisotopic (exact) mass is 625 g/mol. The van der Waals surface area contributed by atoms with Gasteiger partial charge in [-0.1, -0.05) is 0 Å². The van der Waals surface area contributed by atoms with Gasteiger partial charge in [-0.25, -0.2) is 14.2 Å². The van der Waals surface area contributed by atoms with Crippen LogP contribution in [0.1, 0.15) is 28.9 Å². The number of rotatable bonds is 8. The van der Waals surface area contributed by atoms with Crippen LogP contribution in [0.3, 0.4) is 0 Å². The van der Waals surface area contributed by atoms with E-state index in [4.69, 9.17) is 9.47 Å². The summed E-state index contributed by atoms with van der Waals surface area (Å²) in [4.78, 5) is 21.9. The number of carbonyl (C=O) groups excluding carboxylic acids is 1. The van der Waals surface area contributed by atoms with Crippen molar-refractivity contribution < 1.29 is 42.0 Å². The van der Waals surface area contributed by atoms with Crippen LogP contribution in [0.2, 0.25) is 0 Å². The molecule has 0 spiro atoms. The van der Waals surface area contributed by atoms with E-state index in [0.717, 1.165) is 64.3 Å². The highest BCUT2D eigenvalue weighted by molar-refractivity contribution is 5.89. The lowest BCUT2D eigenvalue weighted by atomic mass is 9.95. The number of piperazine rings is 1. The van der Waals surface area contributed by atoms with Gasteiger partial charge in [-0.15, -0.1) is 0 Å². The second-order valence-corrected chi connectivity index (χ2v) is 11.7. The van der Waals surface area contributed by atoms with Gasteiger partial charge in [0.15, 0.2) is 11.6 Å². The first-order chi connectivity index (χ1) is 21.0. The highest BCUT2D eigenvalue weighted by Crippen LogP contribution is 2.30. The number of halogens is 4. The zero-order valence-electron chi connectivity index (χ0n) is 24.5. The first kappa shape index (κ1) is 32.4. The molecule has 0 saturated carbocycles. The topological polar surface area (TPSA) is 111 Å². The molecule has 2 aromatic rings. The smallest absolute Gasteiger partial charge is 0.433 e. The van der Waals surface area contributed by atoms with Crippen LogP contribution in [0.25, 0.3) is 0 Å². The molecule has 242 valence electrons. The van der Waals surface area contributed by atoms with Crippen molar-refractivity contribution in [2.24, 2.45) is 5.92 Å². The van der Waals surface area contributed by atoms with E-state index in [0.29, 0.717) is 30.2 Å². The fraction of sp³-hybridized carbons (Fsp3) is 0.600. The summed E-state index contributed by atoms with van der Waals surface area (Å²) in [6, 6.07) is 7.67. The molecule has 5 rings (SSSR count). The Hall–Kier alpha value is -3.04. The number of aliphatic hydroxyl groups is 2. The van der Waals surface area contributed by atoms with Crippen LogP contribution in [-0.4, -0.2) is 121 Å². The Morgan fingerprint density at radius 2 is 1.61 bits per heavy atom. The van der Waals surface area contributed by atoms with E-state index >= 15 is 0 Å². The first-order valence-corrected chi connectivity index (χ1v) is 14.9. The molecule has 3 aliphatic rings. The van der Waals surface area contributed by atoms with Crippen molar-refractivity contribution in [2.45, 2.75) is 43.4 Å². The van der Waals surface area contributed by atoms with Gasteiger partial charge in [0.2, 0.25) is 0 Å². The molecule has 0 radical (unpaired) electrons. The number of hydrogen-bond donors (Lipinski definition) is 3. The normalized spacial score (nSPS) is 26.0. The SMILES string of the molecule is COC(=O)c1ccc(N2CCC(CN3CCN(C[C@H]4OC[C@H](Nc5nc(C(F)(F)F)ccc5F)[C@@H](O)[C@H]4O)CC3)CC2)cc1. The van der Waals surface area contributed by atoms with Crippen LogP contribution >= 0.6 is 0 Å². The molecule has 0 bridgehead atoms. The standard InChI is InChI=1S/C30H39F4N5O5/c1-43-29(42)20-2-4-21(5-3-20)39-10-8-19(9-11-39)16-37-12-14-38(15-13-37)17-24-27(41)26(40)23(18-44-24)35-28-22(31)6-7-25(36-28)30(32,33)34/h2-7,19,23-24,26-27,40-41H,8-18H2,1H3,(H,35,36)/t23-,24+,26+,27-/m0/s1. The minimum absolute atomic E-state index is 0.131. The van der Waals surface area contributed by atoms with E-state index in [-0.39, 0.29) is 12.6 Å². The number of pyridine rings is 1. The Bertz CT molecular complexity index is 1250. The van der Waals surface area contributed by atoms with Crippen molar-refractivity contribution in [3.05, 3.63) is 53.5 Å². The second-order valence-electron chi connectivity index (χ2n) is 11.7. The van der Waals surface area contributed by atoms with E-state index in [1.807, 2.05) is 12.1 Å². The van der Waals surface area contributed by atoms with E-state index < -0.39 is 47.9 Å². The van der Waals surface area contributed by atoms with Gasteiger partial charge in [-0.05, 0) is 55.2 Å². The van der Waals surface area contributed by atoms with E-state index in [1.165, 1.54) is 7.11 Å². The van der Waals surface area contributed by atoms with Gasteiger partial charge in [0.25, 0.3) is 0 Å². The number of aliphatic hydroxyl groups excluding tert-OH is 2. The van der Waals surface area contributed by atoms with Gasteiger partial charge >= 0.3 is 12.1 Å². The highest BCUT2D eigenvalue weighted by Gasteiger charge is 2.40. The van der Waals surface area contributed by atoms with Crippen molar-refractivity contribution >= 4 is 17.5 Å². The molecule has 1 aromatic carbocycles. The van der Waals surface area contributed by atoms with Crippen molar-refractivity contribution in [3.8, 4) is 0 Å². The number of aromatic nitrogens is 1. The van der Waals surface area contributed by atoms with E-state index in [2.05, 4.69) is 25.0 Å². The summed E-state index contributed by atoms with van der Waals surface area (Å²) in [7, 11) is 1.37. The molecule has 3 fully saturated rings. The summed E-state index contributed by atoms with van der Waals surface area (Å²) in [5.74, 6) is -1.41. The molecule has 44 heavy (non-hydrogen) atoms. The summed E-state index contributed by atoms with van der Waals surface area (Å²) < 4.78 is 63.7. The van der Waals surface area contributed by atoms with Crippen molar-refractivity contribution in [3.63, 3.8) is 0 Å². The minimum Gasteiger partial charge on any atom is -0.465 e. The molecule has 4 heterocycles.